The van der Waals surface area contributed by atoms with Crippen LogP contribution < -0.4 is 14.8 Å². The molecule has 0 heterocycles. The molecule has 0 saturated heterocycles. The lowest BCUT2D eigenvalue weighted by Crippen LogP contribution is -2.29. The summed E-state index contributed by atoms with van der Waals surface area (Å²) in [6.07, 6.45) is 9.35. The van der Waals surface area contributed by atoms with Crippen LogP contribution in [-0.4, -0.2) is 12.6 Å². The molecule has 0 radical (unpaired) electrons. The summed E-state index contributed by atoms with van der Waals surface area (Å²) in [5, 5.41) is 4.95. The molecule has 1 fully saturated rings. The van der Waals surface area contributed by atoms with Crippen LogP contribution in [0.5, 0.6) is 11.5 Å². The normalized spacial score (nSPS) is 15.6. The Kier molecular flexibility index (Phi) is 8.97. The lowest BCUT2D eigenvalue weighted by molar-refractivity contribution is 0.269. The van der Waals surface area contributed by atoms with Gasteiger partial charge in [0.05, 0.1) is 6.61 Å². The Bertz CT molecular complexity index is 753. The lowest BCUT2D eigenvalue weighted by atomic mass is 9.96. The minimum atomic E-state index is 0.304. The highest BCUT2D eigenvalue weighted by atomic mass is 35.5. The molecule has 0 atom stereocenters. The molecule has 1 saturated carbocycles. The van der Waals surface area contributed by atoms with Gasteiger partial charge in [0.2, 0.25) is 0 Å². The summed E-state index contributed by atoms with van der Waals surface area (Å²) in [6, 6.07) is 12.2. The molecule has 2 aromatic carbocycles. The Morgan fingerprint density at radius 1 is 0.897 bits per heavy atom. The highest BCUT2D eigenvalue weighted by Gasteiger charge is 2.13. The minimum absolute atomic E-state index is 0.304. The third-order valence-electron chi connectivity index (χ3n) is 5.44. The van der Waals surface area contributed by atoms with Crippen LogP contribution >= 0.6 is 23.2 Å². The molecular formula is C24H31Cl2NO2. The van der Waals surface area contributed by atoms with Gasteiger partial charge in [0, 0.05) is 28.2 Å². The van der Waals surface area contributed by atoms with Gasteiger partial charge in [0.1, 0.15) is 6.61 Å². The van der Waals surface area contributed by atoms with Crippen LogP contribution in [0.3, 0.4) is 0 Å². The Labute approximate surface area is 184 Å². The maximum Gasteiger partial charge on any atom is 0.161 e. The third kappa shape index (κ3) is 6.80. The Hall–Kier alpha value is -1.42. The lowest BCUT2D eigenvalue weighted by Gasteiger charge is -2.21. The second-order valence-corrected chi connectivity index (χ2v) is 8.44. The van der Waals surface area contributed by atoms with Gasteiger partial charge in [0.15, 0.2) is 11.5 Å². The van der Waals surface area contributed by atoms with E-state index in [1.165, 1.54) is 50.5 Å². The molecule has 5 heteroatoms. The maximum absolute atomic E-state index is 6.25. The molecule has 0 bridgehead atoms. The van der Waals surface area contributed by atoms with Gasteiger partial charge in [-0.15, -0.1) is 0 Å². The molecule has 1 aliphatic carbocycles. The quantitative estimate of drug-likeness (QED) is 0.476. The van der Waals surface area contributed by atoms with Crippen LogP contribution in [0.1, 0.15) is 63.0 Å². The van der Waals surface area contributed by atoms with E-state index >= 15 is 0 Å². The molecule has 3 nitrogen and oxygen atoms in total. The van der Waals surface area contributed by atoms with Crippen molar-refractivity contribution in [1.29, 1.82) is 0 Å². The van der Waals surface area contributed by atoms with Gasteiger partial charge in [-0.1, -0.05) is 67.4 Å². The molecule has 3 rings (SSSR count). The predicted octanol–water partition coefficient (Wildman–Crippen LogP) is 7.17. The van der Waals surface area contributed by atoms with Crippen LogP contribution in [0, 0.1) is 0 Å². The van der Waals surface area contributed by atoms with Gasteiger partial charge in [-0.2, -0.15) is 0 Å². The van der Waals surface area contributed by atoms with Gasteiger partial charge >= 0.3 is 0 Å². The molecule has 0 spiro atoms. The fraction of sp³-hybridized carbons (Fsp3) is 0.500. The molecule has 29 heavy (non-hydrogen) atoms. The first-order valence-corrected chi connectivity index (χ1v) is 11.5. The third-order valence-corrected chi connectivity index (χ3v) is 6.15. The predicted molar refractivity (Wildman–Crippen MR) is 121 cm³/mol. The molecule has 0 amide bonds. The van der Waals surface area contributed by atoms with E-state index < -0.39 is 0 Å². The fourth-order valence-corrected chi connectivity index (χ4v) is 4.30. The number of ether oxygens (including phenoxy) is 2. The SMILES string of the molecule is CCOc1cc(CNC2CCCCCCC2)ccc1OCc1c(Cl)cccc1Cl. The van der Waals surface area contributed by atoms with Crippen LogP contribution in [0.4, 0.5) is 0 Å². The van der Waals surface area contributed by atoms with Crippen molar-refractivity contribution in [2.45, 2.75) is 71.1 Å². The second kappa shape index (κ2) is 11.7. The van der Waals surface area contributed by atoms with Crippen molar-refractivity contribution < 1.29 is 9.47 Å². The number of hydrogen-bond acceptors (Lipinski definition) is 3. The summed E-state index contributed by atoms with van der Waals surface area (Å²) in [5.41, 5.74) is 1.99. The summed E-state index contributed by atoms with van der Waals surface area (Å²) in [4.78, 5) is 0. The zero-order valence-electron chi connectivity index (χ0n) is 17.2. The highest BCUT2D eigenvalue weighted by Crippen LogP contribution is 2.32. The van der Waals surface area contributed by atoms with Crippen molar-refractivity contribution in [3.8, 4) is 11.5 Å². The van der Waals surface area contributed by atoms with E-state index in [9.17, 15) is 0 Å². The van der Waals surface area contributed by atoms with Crippen molar-refractivity contribution in [1.82, 2.24) is 5.32 Å². The van der Waals surface area contributed by atoms with Crippen molar-refractivity contribution in [2.75, 3.05) is 6.61 Å². The minimum Gasteiger partial charge on any atom is -0.490 e. The molecule has 0 unspecified atom stereocenters. The number of benzene rings is 2. The van der Waals surface area contributed by atoms with Gasteiger partial charge < -0.3 is 14.8 Å². The van der Waals surface area contributed by atoms with E-state index in [1.54, 1.807) is 0 Å². The number of hydrogen-bond donors (Lipinski definition) is 1. The number of halogens is 2. The average molecular weight is 436 g/mol. The number of rotatable bonds is 8. The summed E-state index contributed by atoms with van der Waals surface area (Å²) in [7, 11) is 0. The molecule has 2 aromatic rings. The molecule has 0 aliphatic heterocycles. The topological polar surface area (TPSA) is 30.5 Å². The fourth-order valence-electron chi connectivity index (χ4n) is 3.79. The van der Waals surface area contributed by atoms with E-state index in [-0.39, 0.29) is 0 Å². The monoisotopic (exact) mass is 435 g/mol. The first kappa shape index (κ1) is 22.3. The van der Waals surface area contributed by atoms with E-state index in [2.05, 4.69) is 17.4 Å². The van der Waals surface area contributed by atoms with Gasteiger partial charge in [-0.25, -0.2) is 0 Å². The smallest absolute Gasteiger partial charge is 0.161 e. The van der Waals surface area contributed by atoms with Crippen LogP contribution in [0.25, 0.3) is 0 Å². The Morgan fingerprint density at radius 3 is 2.28 bits per heavy atom. The Morgan fingerprint density at radius 2 is 1.59 bits per heavy atom. The summed E-state index contributed by atoms with van der Waals surface area (Å²) < 4.78 is 11.8. The molecule has 1 aliphatic rings. The van der Waals surface area contributed by atoms with E-state index in [0.717, 1.165) is 17.9 Å². The molecule has 1 N–H and O–H groups in total. The second-order valence-electron chi connectivity index (χ2n) is 7.63. The standard InChI is InChI=1S/C24H31Cl2NO2/c1-2-28-24-15-18(16-27-19-9-6-4-3-5-7-10-19)13-14-23(24)29-17-20-21(25)11-8-12-22(20)26/h8,11-15,19,27H,2-7,9-10,16-17H2,1H3. The summed E-state index contributed by atoms with van der Waals surface area (Å²) in [5.74, 6) is 1.46. The maximum atomic E-state index is 6.25. The van der Waals surface area contributed by atoms with Gasteiger partial charge in [-0.3, -0.25) is 0 Å². The average Bonchev–Trinajstić information content (AvgIpc) is 2.68. The van der Waals surface area contributed by atoms with E-state index in [4.69, 9.17) is 32.7 Å². The number of nitrogens with one attached hydrogen (secondary N) is 1. The van der Waals surface area contributed by atoms with Crippen molar-refractivity contribution >= 4 is 23.2 Å². The van der Waals surface area contributed by atoms with E-state index in [1.807, 2.05) is 31.2 Å². The first-order chi connectivity index (χ1) is 14.2. The molecule has 158 valence electrons. The Balaban J connectivity index is 1.63. The van der Waals surface area contributed by atoms with E-state index in [0.29, 0.717) is 35.1 Å². The molecular weight excluding hydrogens is 405 g/mol. The van der Waals surface area contributed by atoms with Crippen LogP contribution in [-0.2, 0) is 13.2 Å². The largest absolute Gasteiger partial charge is 0.490 e. The van der Waals surface area contributed by atoms with Gasteiger partial charge in [-0.05, 0) is 49.6 Å². The zero-order chi connectivity index (χ0) is 20.5. The summed E-state index contributed by atoms with van der Waals surface area (Å²) in [6.45, 7) is 3.72. The zero-order valence-corrected chi connectivity index (χ0v) is 18.7. The van der Waals surface area contributed by atoms with Crippen molar-refractivity contribution in [2.24, 2.45) is 0 Å². The first-order valence-electron chi connectivity index (χ1n) is 10.7. The summed E-state index contributed by atoms with van der Waals surface area (Å²) >= 11 is 12.5. The van der Waals surface area contributed by atoms with Crippen LogP contribution in [0.15, 0.2) is 36.4 Å². The van der Waals surface area contributed by atoms with Gasteiger partial charge in [0.25, 0.3) is 0 Å². The van der Waals surface area contributed by atoms with Crippen molar-refractivity contribution in [3.05, 3.63) is 57.6 Å². The van der Waals surface area contributed by atoms with Crippen LogP contribution in [0.2, 0.25) is 10.0 Å². The van der Waals surface area contributed by atoms with Crippen molar-refractivity contribution in [3.63, 3.8) is 0 Å². The highest BCUT2D eigenvalue weighted by molar-refractivity contribution is 6.35. The molecule has 0 aromatic heterocycles.